The second-order valence-electron chi connectivity index (χ2n) is 9.42. The zero-order valence-corrected chi connectivity index (χ0v) is 20.4. The molecule has 32 heavy (non-hydrogen) atoms. The highest BCUT2D eigenvalue weighted by molar-refractivity contribution is 5.87. The van der Waals surface area contributed by atoms with Crippen LogP contribution in [0, 0.1) is 11.8 Å². The van der Waals surface area contributed by atoms with Crippen molar-refractivity contribution >= 4 is 11.8 Å². The molecule has 0 spiro atoms. The third-order valence-corrected chi connectivity index (χ3v) is 5.75. The molecular weight excluding hydrogens is 406 g/mol. The maximum Gasteiger partial charge on any atom is 0.243 e. The van der Waals surface area contributed by atoms with Crippen molar-refractivity contribution in [3.05, 3.63) is 29.8 Å². The van der Waals surface area contributed by atoms with E-state index >= 15 is 0 Å². The molecule has 1 aromatic carbocycles. The lowest BCUT2D eigenvalue weighted by molar-refractivity contribution is -0.130. The third-order valence-electron chi connectivity index (χ3n) is 5.75. The molecule has 0 aromatic heterocycles. The van der Waals surface area contributed by atoms with E-state index in [1.165, 1.54) is 0 Å². The van der Waals surface area contributed by atoms with Gasteiger partial charge in [-0.3, -0.25) is 14.5 Å². The molecule has 1 aliphatic heterocycles. The Morgan fingerprint density at radius 1 is 1.19 bits per heavy atom. The predicted molar refractivity (Wildman–Crippen MR) is 126 cm³/mol. The van der Waals surface area contributed by atoms with E-state index in [4.69, 9.17) is 9.47 Å². The van der Waals surface area contributed by atoms with Crippen molar-refractivity contribution in [2.75, 3.05) is 33.4 Å². The summed E-state index contributed by atoms with van der Waals surface area (Å²) in [6, 6.07) is 7.80. The van der Waals surface area contributed by atoms with Gasteiger partial charge in [0, 0.05) is 38.8 Å². The van der Waals surface area contributed by atoms with Crippen LogP contribution in [-0.2, 0) is 20.9 Å². The molecule has 2 rings (SSSR count). The Hall–Kier alpha value is -2.12. The number of nitrogens with one attached hydrogen (secondary N) is 2. The van der Waals surface area contributed by atoms with Crippen molar-refractivity contribution in [2.24, 2.45) is 11.8 Å². The summed E-state index contributed by atoms with van der Waals surface area (Å²) in [5, 5.41) is 5.83. The van der Waals surface area contributed by atoms with Crippen molar-refractivity contribution in [3.8, 4) is 5.75 Å². The van der Waals surface area contributed by atoms with Gasteiger partial charge in [-0.15, -0.1) is 0 Å². The number of likely N-dealkylation sites (N-methyl/N-ethyl adjacent to an activating group) is 1. The van der Waals surface area contributed by atoms with Crippen LogP contribution < -0.4 is 15.4 Å². The fourth-order valence-corrected chi connectivity index (χ4v) is 3.80. The number of amides is 2. The number of benzene rings is 1. The topological polar surface area (TPSA) is 79.9 Å². The van der Waals surface area contributed by atoms with E-state index in [2.05, 4.69) is 22.6 Å². The molecule has 1 aromatic rings. The monoisotopic (exact) mass is 447 g/mol. The number of hydrogen-bond donors (Lipinski definition) is 2. The molecule has 2 amide bonds. The smallest absolute Gasteiger partial charge is 0.243 e. The van der Waals surface area contributed by atoms with Crippen LogP contribution in [0.5, 0.6) is 5.75 Å². The van der Waals surface area contributed by atoms with Gasteiger partial charge in [0.2, 0.25) is 11.8 Å². The molecule has 0 aliphatic carbocycles. The molecule has 1 atom stereocenters. The van der Waals surface area contributed by atoms with Gasteiger partial charge in [-0.05, 0) is 49.4 Å². The minimum atomic E-state index is -0.540. The minimum Gasteiger partial charge on any atom is -0.492 e. The lowest BCUT2D eigenvalue weighted by Crippen LogP contribution is -2.49. The van der Waals surface area contributed by atoms with Crippen LogP contribution in [0.3, 0.4) is 0 Å². The Morgan fingerprint density at radius 3 is 2.56 bits per heavy atom. The van der Waals surface area contributed by atoms with E-state index < -0.39 is 6.04 Å². The normalized spacial score (nSPS) is 15.8. The zero-order valence-electron chi connectivity index (χ0n) is 20.4. The average Bonchev–Trinajstić information content (AvgIpc) is 2.76. The molecule has 2 N–H and O–H groups in total. The number of carbonyl (C=O) groups is 2. The summed E-state index contributed by atoms with van der Waals surface area (Å²) in [5.74, 6) is 0.804. The van der Waals surface area contributed by atoms with E-state index in [0.29, 0.717) is 25.6 Å². The molecule has 1 saturated heterocycles. The number of rotatable bonds is 12. The highest BCUT2D eigenvalue weighted by atomic mass is 16.5. The fourth-order valence-electron chi connectivity index (χ4n) is 3.80. The Kier molecular flexibility index (Phi) is 11.0. The molecule has 0 saturated carbocycles. The molecule has 0 bridgehead atoms. The van der Waals surface area contributed by atoms with Gasteiger partial charge < -0.3 is 20.1 Å². The summed E-state index contributed by atoms with van der Waals surface area (Å²) in [5.41, 5.74) is 0.963. The molecular formula is C25H41N3O4. The maximum atomic E-state index is 12.7. The number of hydrogen-bond acceptors (Lipinski definition) is 5. The first-order valence-electron chi connectivity index (χ1n) is 11.8. The average molecular weight is 448 g/mol. The number of carbonyl (C=O) groups excluding carboxylic acids is 2. The molecule has 1 aliphatic rings. The quantitative estimate of drug-likeness (QED) is 0.515. The summed E-state index contributed by atoms with van der Waals surface area (Å²) >= 11 is 0. The molecule has 1 fully saturated rings. The van der Waals surface area contributed by atoms with Gasteiger partial charge in [0.05, 0.1) is 0 Å². The van der Waals surface area contributed by atoms with E-state index in [1.807, 2.05) is 52.0 Å². The third kappa shape index (κ3) is 9.17. The lowest BCUT2D eigenvalue weighted by Gasteiger charge is -2.31. The molecule has 7 heteroatoms. The molecule has 1 unspecified atom stereocenters. The van der Waals surface area contributed by atoms with E-state index in [9.17, 15) is 9.59 Å². The zero-order chi connectivity index (χ0) is 23.5. The minimum absolute atomic E-state index is 0.00787. The standard InChI is InChI=1S/C25H41N3O4/c1-18(2)15-23(29)27-24(19(3)4)25(30)26-17-20-7-6-8-22(16-20)32-14-11-28(5)21-9-12-31-13-10-21/h6-8,16,18-19,21,24H,9-15,17H2,1-5H3,(H,26,30)(H,27,29). The van der Waals surface area contributed by atoms with Gasteiger partial charge in [0.1, 0.15) is 18.4 Å². The second kappa shape index (κ2) is 13.4. The van der Waals surface area contributed by atoms with Crippen molar-refractivity contribution in [2.45, 2.75) is 65.6 Å². The summed E-state index contributed by atoms with van der Waals surface area (Å²) in [4.78, 5) is 27.2. The lowest BCUT2D eigenvalue weighted by atomic mass is 10.0. The highest BCUT2D eigenvalue weighted by Gasteiger charge is 2.24. The largest absolute Gasteiger partial charge is 0.492 e. The van der Waals surface area contributed by atoms with Crippen LogP contribution in [-0.4, -0.2) is 62.2 Å². The first kappa shape index (κ1) is 26.1. The van der Waals surface area contributed by atoms with Crippen LogP contribution >= 0.6 is 0 Å². The van der Waals surface area contributed by atoms with Crippen LogP contribution in [0.1, 0.15) is 52.5 Å². The van der Waals surface area contributed by atoms with Crippen LogP contribution in [0.25, 0.3) is 0 Å². The van der Waals surface area contributed by atoms with Crippen LogP contribution in [0.2, 0.25) is 0 Å². The van der Waals surface area contributed by atoms with E-state index in [1.54, 1.807) is 0 Å². The molecule has 180 valence electrons. The van der Waals surface area contributed by atoms with Gasteiger partial charge in [-0.2, -0.15) is 0 Å². The molecule has 1 heterocycles. The predicted octanol–water partition coefficient (Wildman–Crippen LogP) is 2.98. The second-order valence-corrected chi connectivity index (χ2v) is 9.42. The summed E-state index contributed by atoms with van der Waals surface area (Å²) in [6.45, 7) is 11.4. The maximum absolute atomic E-state index is 12.7. The first-order valence-corrected chi connectivity index (χ1v) is 11.8. The Morgan fingerprint density at radius 2 is 1.91 bits per heavy atom. The fraction of sp³-hybridized carbons (Fsp3) is 0.680. The Bertz CT molecular complexity index is 717. The van der Waals surface area contributed by atoms with E-state index in [-0.39, 0.29) is 23.7 Å². The number of ether oxygens (including phenoxy) is 2. The molecule has 7 nitrogen and oxygen atoms in total. The van der Waals surface area contributed by atoms with Gasteiger partial charge in [0.25, 0.3) is 0 Å². The van der Waals surface area contributed by atoms with E-state index in [0.717, 1.165) is 43.9 Å². The Labute approximate surface area is 193 Å². The van der Waals surface area contributed by atoms with Crippen LogP contribution in [0.4, 0.5) is 0 Å². The van der Waals surface area contributed by atoms with Crippen molar-refractivity contribution < 1.29 is 19.1 Å². The number of nitrogens with zero attached hydrogens (tertiary/aromatic N) is 1. The van der Waals surface area contributed by atoms with Crippen LogP contribution in [0.15, 0.2) is 24.3 Å². The van der Waals surface area contributed by atoms with Gasteiger partial charge in [0.15, 0.2) is 0 Å². The first-order chi connectivity index (χ1) is 15.3. The van der Waals surface area contributed by atoms with Crippen molar-refractivity contribution in [1.82, 2.24) is 15.5 Å². The van der Waals surface area contributed by atoms with Gasteiger partial charge in [-0.1, -0.05) is 39.8 Å². The van der Waals surface area contributed by atoms with Gasteiger partial charge in [-0.25, -0.2) is 0 Å². The Balaban J connectivity index is 1.80. The summed E-state index contributed by atoms with van der Waals surface area (Å²) < 4.78 is 11.4. The SMILES string of the molecule is CC(C)CC(=O)NC(C(=O)NCc1cccc(OCCN(C)C2CCOCC2)c1)C(C)C. The van der Waals surface area contributed by atoms with Crippen molar-refractivity contribution in [3.63, 3.8) is 0 Å². The van der Waals surface area contributed by atoms with Crippen molar-refractivity contribution in [1.29, 1.82) is 0 Å². The molecule has 0 radical (unpaired) electrons. The summed E-state index contributed by atoms with van der Waals surface area (Å²) in [7, 11) is 2.14. The summed E-state index contributed by atoms with van der Waals surface area (Å²) in [6.07, 6.45) is 2.56. The highest BCUT2D eigenvalue weighted by Crippen LogP contribution is 2.15. The van der Waals surface area contributed by atoms with Gasteiger partial charge >= 0.3 is 0 Å².